The number of primary amides is 1. The average Bonchev–Trinajstić information content (AvgIpc) is 3.60. The van der Waals surface area contributed by atoms with Crippen molar-refractivity contribution >= 4 is 69.2 Å². The number of carbonyl (C=O) groups is 6. The fraction of sp³-hybridized carbons (Fsp3) is 0.476. The summed E-state index contributed by atoms with van der Waals surface area (Å²) >= 11 is 0. The summed E-state index contributed by atoms with van der Waals surface area (Å²) in [4.78, 5) is 87.6. The molecular weight excluding hydrogens is 831 g/mol. The highest BCUT2D eigenvalue weighted by Gasteiger charge is 2.29. The number of anilines is 2. The lowest BCUT2D eigenvalue weighted by Gasteiger charge is -2.25. The number of hydrogen-bond acceptors (Lipinski definition) is 12. The molecule has 0 spiro atoms. The molecular formula is C42H57N13O9. The van der Waals surface area contributed by atoms with Crippen LogP contribution in [-0.4, -0.2) is 99.3 Å². The Morgan fingerprint density at radius 3 is 2.31 bits per heavy atom. The van der Waals surface area contributed by atoms with Crippen LogP contribution in [0.5, 0.6) is 0 Å². The number of nitrogens with two attached hydrogens (primary N) is 1. The van der Waals surface area contributed by atoms with E-state index in [1.807, 2.05) is 35.8 Å². The molecule has 0 aliphatic heterocycles. The molecule has 7 amide bonds. The van der Waals surface area contributed by atoms with Gasteiger partial charge in [-0.25, -0.2) is 19.6 Å². The predicted octanol–water partition coefficient (Wildman–Crippen LogP) is 3.86. The van der Waals surface area contributed by atoms with Crippen molar-refractivity contribution in [3.05, 3.63) is 70.4 Å². The highest BCUT2D eigenvalue weighted by atomic mass is 16.5. The second-order valence-electron chi connectivity index (χ2n) is 15.8. The Hall–Kier alpha value is -7.03. The number of pyridine rings is 1. The molecule has 9 N–H and O–H groups in total. The van der Waals surface area contributed by atoms with Crippen molar-refractivity contribution in [1.82, 2.24) is 35.8 Å². The van der Waals surface area contributed by atoms with E-state index in [1.54, 1.807) is 52.0 Å². The normalized spacial score (nSPS) is 12.2. The highest BCUT2D eigenvalue weighted by molar-refractivity contribution is 6.09. The summed E-state index contributed by atoms with van der Waals surface area (Å²) < 4.78 is 12.9. The van der Waals surface area contributed by atoms with Crippen molar-refractivity contribution in [1.29, 1.82) is 0 Å². The van der Waals surface area contributed by atoms with Gasteiger partial charge in [-0.3, -0.25) is 19.2 Å². The van der Waals surface area contributed by atoms with E-state index in [9.17, 15) is 33.9 Å². The number of azide groups is 1. The fourth-order valence-electron chi connectivity index (χ4n) is 6.48. The number of carbonyl (C=O) groups excluding carboxylic acids is 6. The van der Waals surface area contributed by atoms with Crippen LogP contribution in [-0.2, 0) is 48.4 Å². The third-order valence-electron chi connectivity index (χ3n) is 9.49. The maximum atomic E-state index is 13.4. The van der Waals surface area contributed by atoms with E-state index in [2.05, 4.69) is 41.9 Å². The largest absolute Gasteiger partial charge is 0.445 e. The molecule has 4 rings (SSSR count). The van der Waals surface area contributed by atoms with E-state index in [0.717, 1.165) is 5.39 Å². The van der Waals surface area contributed by atoms with Crippen molar-refractivity contribution in [2.24, 2.45) is 16.8 Å². The lowest BCUT2D eigenvalue weighted by Crippen LogP contribution is -2.55. The minimum Gasteiger partial charge on any atom is -0.445 e. The van der Waals surface area contributed by atoms with Crippen LogP contribution in [0.2, 0.25) is 0 Å². The van der Waals surface area contributed by atoms with E-state index in [1.165, 1.54) is 0 Å². The number of fused-ring (bicyclic) bond motifs is 3. The first-order chi connectivity index (χ1) is 30.5. The first kappa shape index (κ1) is 49.6. The van der Waals surface area contributed by atoms with Gasteiger partial charge < -0.3 is 56.8 Å². The summed E-state index contributed by atoms with van der Waals surface area (Å²) in [5.74, 6) is -1.74. The van der Waals surface area contributed by atoms with Gasteiger partial charge in [-0.05, 0) is 75.2 Å². The summed E-state index contributed by atoms with van der Waals surface area (Å²) in [6.07, 6.45) is 0.0421. The number of ether oxygens (including phenoxy) is 2. The minimum atomic E-state index is -1.07. The van der Waals surface area contributed by atoms with Crippen LogP contribution in [0.3, 0.4) is 0 Å². The molecule has 22 heteroatoms. The van der Waals surface area contributed by atoms with Gasteiger partial charge in [0.25, 0.3) is 0 Å². The number of hydrogen-bond donors (Lipinski definition) is 8. The number of nitrogens with one attached hydrogen (secondary N) is 6. The van der Waals surface area contributed by atoms with Crippen LogP contribution >= 0.6 is 0 Å². The van der Waals surface area contributed by atoms with Crippen LogP contribution in [0.1, 0.15) is 71.7 Å². The molecule has 2 aromatic heterocycles. The Bertz CT molecular complexity index is 2320. The van der Waals surface area contributed by atoms with Crippen molar-refractivity contribution in [3.63, 3.8) is 0 Å². The zero-order valence-electron chi connectivity index (χ0n) is 36.6. The number of urea groups is 1. The molecule has 0 unspecified atom stereocenters. The number of aliphatic hydroxyl groups is 1. The standard InChI is InChI=1S/C42H57N13O9/c1-6-63-23-31-51-35-36(55(31)24-42(4,5)62)28-11-7-8-12-29(28)49-37(35)53-32(56)14-10-20-46-41(61)64-22-26-15-17-27(18-16-26)48-38(58)30(13-9-19-45-40(43)60)50-39(59)34(25(2)3)52-33(57)21-47-54-44/h7-8,11-12,15-18,25,30,34,62H,6,9-10,13-14,19-24H2,1-5H3,(H,46,61)(H,48,58)(H,50,59)(H,52,57)(H3,43,45,60)(H,49,53,56)/t30-,34-/m0/s1. The van der Waals surface area contributed by atoms with Crippen molar-refractivity contribution in [2.45, 2.75) is 97.7 Å². The Morgan fingerprint density at radius 2 is 1.64 bits per heavy atom. The quantitative estimate of drug-likeness (QED) is 0.0216. The number of benzene rings is 2. The van der Waals surface area contributed by atoms with Gasteiger partial charge in [0.2, 0.25) is 23.6 Å². The number of aromatic nitrogens is 3. The maximum absolute atomic E-state index is 13.4. The summed E-state index contributed by atoms with van der Waals surface area (Å²) in [7, 11) is 0. The zero-order valence-corrected chi connectivity index (χ0v) is 36.6. The Balaban J connectivity index is 1.29. The Morgan fingerprint density at radius 1 is 0.922 bits per heavy atom. The molecule has 0 radical (unpaired) electrons. The molecule has 4 aromatic rings. The van der Waals surface area contributed by atoms with Gasteiger partial charge in [0.1, 0.15) is 43.2 Å². The molecule has 0 aliphatic carbocycles. The summed E-state index contributed by atoms with van der Waals surface area (Å²) in [5, 5.41) is 30.6. The van der Waals surface area contributed by atoms with E-state index in [-0.39, 0.29) is 69.8 Å². The van der Waals surface area contributed by atoms with Crippen LogP contribution in [0.4, 0.5) is 21.1 Å². The van der Waals surface area contributed by atoms with E-state index in [0.29, 0.717) is 46.7 Å². The van der Waals surface area contributed by atoms with Gasteiger partial charge >= 0.3 is 12.1 Å². The summed E-state index contributed by atoms with van der Waals surface area (Å²) in [5.41, 5.74) is 15.4. The number of para-hydroxylation sites is 1. The molecule has 0 saturated heterocycles. The Labute approximate surface area is 369 Å². The molecule has 2 aromatic carbocycles. The molecule has 2 atom stereocenters. The van der Waals surface area contributed by atoms with Crippen LogP contribution in [0.25, 0.3) is 32.4 Å². The third-order valence-corrected chi connectivity index (χ3v) is 9.49. The fourth-order valence-corrected chi connectivity index (χ4v) is 6.48. The molecule has 344 valence electrons. The molecule has 0 saturated carbocycles. The van der Waals surface area contributed by atoms with Crippen LogP contribution < -0.4 is 37.6 Å². The lowest BCUT2D eigenvalue weighted by molar-refractivity contribution is -0.131. The van der Waals surface area contributed by atoms with E-state index >= 15 is 0 Å². The average molecular weight is 888 g/mol. The predicted molar refractivity (Wildman–Crippen MR) is 237 cm³/mol. The highest BCUT2D eigenvalue weighted by Crippen LogP contribution is 2.31. The van der Waals surface area contributed by atoms with Gasteiger partial charge in [0.05, 0.1) is 23.2 Å². The molecule has 0 fully saturated rings. The number of amides is 7. The SMILES string of the molecule is CCOCc1nc2c(NC(=O)CCCNC(=O)OCc3ccc(NC(=O)[C@H](CCCNC(N)=O)NC(=O)[C@@H](NC(=O)CN=[N+]=[N-])C(C)C)cc3)nc3ccccc3c2n1CC(C)(C)O. The number of nitrogens with zero attached hydrogens (tertiary/aromatic N) is 6. The molecule has 22 nitrogen and oxygen atoms in total. The summed E-state index contributed by atoms with van der Waals surface area (Å²) in [6.45, 7) is 9.27. The minimum absolute atomic E-state index is 0.0577. The first-order valence-electron chi connectivity index (χ1n) is 20.8. The third kappa shape index (κ3) is 15.4. The van der Waals surface area contributed by atoms with Crippen molar-refractivity contribution in [2.75, 3.05) is 36.9 Å². The van der Waals surface area contributed by atoms with Gasteiger partial charge in [0.15, 0.2) is 5.82 Å². The van der Waals surface area contributed by atoms with Crippen molar-refractivity contribution < 1.29 is 43.3 Å². The van der Waals surface area contributed by atoms with Crippen LogP contribution in [0, 0.1) is 5.92 Å². The van der Waals surface area contributed by atoms with Gasteiger partial charge in [-0.2, -0.15) is 0 Å². The smallest absolute Gasteiger partial charge is 0.407 e. The number of imidazole rings is 1. The maximum Gasteiger partial charge on any atom is 0.407 e. The Kier molecular flexibility index (Phi) is 18.6. The second kappa shape index (κ2) is 24.0. The molecule has 0 bridgehead atoms. The first-order valence-corrected chi connectivity index (χ1v) is 20.8. The molecule has 2 heterocycles. The molecule has 64 heavy (non-hydrogen) atoms. The zero-order chi connectivity index (χ0) is 46.8. The van der Waals surface area contributed by atoms with Gasteiger partial charge in [0, 0.05) is 42.1 Å². The van der Waals surface area contributed by atoms with Crippen molar-refractivity contribution in [3.8, 4) is 0 Å². The summed E-state index contributed by atoms with van der Waals surface area (Å²) in [6, 6.07) is 11.1. The monoisotopic (exact) mass is 887 g/mol. The van der Waals surface area contributed by atoms with E-state index < -0.39 is 54.1 Å². The number of rotatable bonds is 24. The lowest BCUT2D eigenvalue weighted by atomic mass is 10.0. The second-order valence-corrected chi connectivity index (χ2v) is 15.8. The van der Waals surface area contributed by atoms with Gasteiger partial charge in [-0.15, -0.1) is 0 Å². The van der Waals surface area contributed by atoms with Crippen LogP contribution in [0.15, 0.2) is 53.6 Å². The number of alkyl carbamates (subject to hydrolysis) is 1. The van der Waals surface area contributed by atoms with Gasteiger partial charge in [-0.1, -0.05) is 49.3 Å². The molecule has 0 aliphatic rings. The topological polar surface area (TPSA) is 319 Å². The van der Waals surface area contributed by atoms with E-state index in [4.69, 9.17) is 30.7 Å².